The summed E-state index contributed by atoms with van der Waals surface area (Å²) in [6, 6.07) is 11.5. The molecule has 4 rings (SSSR count). The average Bonchev–Trinajstić information content (AvgIpc) is 3.16. The maximum Gasteiger partial charge on any atom is 0.416 e. The van der Waals surface area contributed by atoms with Gasteiger partial charge in [-0.3, -0.25) is 9.59 Å². The van der Waals surface area contributed by atoms with Crippen molar-refractivity contribution in [2.24, 2.45) is 5.92 Å². The Morgan fingerprint density at radius 1 is 1.06 bits per heavy atom. The second kappa shape index (κ2) is 8.88. The largest absolute Gasteiger partial charge is 0.467 e. The summed E-state index contributed by atoms with van der Waals surface area (Å²) < 4.78 is 43.9. The molecule has 2 amide bonds. The Labute approximate surface area is 188 Å². The molecule has 2 unspecified atom stereocenters. The monoisotopic (exact) mass is 460 g/mol. The van der Waals surface area contributed by atoms with Crippen molar-refractivity contribution < 1.29 is 32.3 Å². The van der Waals surface area contributed by atoms with E-state index in [9.17, 15) is 27.6 Å². The summed E-state index contributed by atoms with van der Waals surface area (Å²) >= 11 is 0. The molecular formula is C24H23F3N2O4. The van der Waals surface area contributed by atoms with Crippen LogP contribution in [0.3, 0.4) is 0 Å². The summed E-state index contributed by atoms with van der Waals surface area (Å²) in [6.45, 7) is 0.294. The van der Waals surface area contributed by atoms with E-state index in [4.69, 9.17) is 4.74 Å². The van der Waals surface area contributed by atoms with Crippen molar-refractivity contribution >= 4 is 17.8 Å². The van der Waals surface area contributed by atoms with E-state index < -0.39 is 29.7 Å². The van der Waals surface area contributed by atoms with Crippen LogP contribution in [0.5, 0.6) is 0 Å². The second-order valence-corrected chi connectivity index (χ2v) is 8.35. The van der Waals surface area contributed by atoms with E-state index in [0.29, 0.717) is 12.0 Å². The first-order valence-electron chi connectivity index (χ1n) is 10.6. The smallest absolute Gasteiger partial charge is 0.416 e. The summed E-state index contributed by atoms with van der Waals surface area (Å²) in [7, 11) is 1.27. The average molecular weight is 460 g/mol. The van der Waals surface area contributed by atoms with E-state index in [0.717, 1.165) is 23.3 Å². The number of halogens is 3. The van der Waals surface area contributed by atoms with Gasteiger partial charge in [-0.15, -0.1) is 0 Å². The normalized spacial score (nSPS) is 20.5. The van der Waals surface area contributed by atoms with E-state index in [-0.39, 0.29) is 37.9 Å². The van der Waals surface area contributed by atoms with E-state index in [1.54, 1.807) is 0 Å². The standard InChI is InChI=1S/C24H23F3N2O4/c1-33-23(32)20-10-16-6-2-3-7-17(16)14-29(20)22(31)18-11-21(30)28(13-18)12-15-5-4-8-19(9-15)24(25,26)27/h2-9,18,20H,10-14H2,1H3. The number of benzene rings is 2. The van der Waals surface area contributed by atoms with Crippen molar-refractivity contribution in [1.29, 1.82) is 0 Å². The number of rotatable bonds is 4. The molecule has 0 radical (unpaired) electrons. The molecule has 174 valence electrons. The fraction of sp³-hybridized carbons (Fsp3) is 0.375. The third-order valence-corrected chi connectivity index (χ3v) is 6.20. The summed E-state index contributed by atoms with van der Waals surface area (Å²) in [4.78, 5) is 41.2. The molecule has 2 aliphatic rings. The molecule has 0 aromatic heterocycles. The highest BCUT2D eigenvalue weighted by Crippen LogP contribution is 2.31. The number of ether oxygens (including phenoxy) is 1. The molecule has 1 fully saturated rings. The number of esters is 1. The lowest BCUT2D eigenvalue weighted by Crippen LogP contribution is -2.51. The number of alkyl halides is 3. The summed E-state index contributed by atoms with van der Waals surface area (Å²) in [5.74, 6) is -1.85. The number of amides is 2. The molecule has 0 aliphatic carbocycles. The number of nitrogens with zero attached hydrogens (tertiary/aromatic N) is 2. The van der Waals surface area contributed by atoms with Crippen LogP contribution in [0.4, 0.5) is 13.2 Å². The third-order valence-electron chi connectivity index (χ3n) is 6.20. The molecule has 2 aromatic carbocycles. The van der Waals surface area contributed by atoms with Gasteiger partial charge in [-0.2, -0.15) is 13.2 Å². The Balaban J connectivity index is 1.50. The maximum atomic E-state index is 13.4. The third kappa shape index (κ3) is 4.72. The van der Waals surface area contributed by atoms with Crippen molar-refractivity contribution in [3.8, 4) is 0 Å². The number of hydrogen-bond acceptors (Lipinski definition) is 4. The zero-order valence-electron chi connectivity index (χ0n) is 18.0. The van der Waals surface area contributed by atoms with E-state index in [1.165, 1.54) is 29.0 Å². The quantitative estimate of drug-likeness (QED) is 0.658. The molecule has 0 N–H and O–H groups in total. The van der Waals surface area contributed by atoms with Gasteiger partial charge in [-0.05, 0) is 28.8 Å². The molecule has 2 atom stereocenters. The Kier molecular flexibility index (Phi) is 6.14. The Hall–Kier alpha value is -3.36. The number of hydrogen-bond donors (Lipinski definition) is 0. The molecule has 6 nitrogen and oxygen atoms in total. The molecular weight excluding hydrogens is 437 g/mol. The first-order valence-corrected chi connectivity index (χ1v) is 10.6. The molecule has 0 saturated carbocycles. The fourth-order valence-electron chi connectivity index (χ4n) is 4.49. The zero-order valence-corrected chi connectivity index (χ0v) is 18.0. The molecule has 0 bridgehead atoms. The minimum absolute atomic E-state index is 0.0181. The van der Waals surface area contributed by atoms with Crippen LogP contribution >= 0.6 is 0 Å². The van der Waals surface area contributed by atoms with Gasteiger partial charge in [-0.1, -0.05) is 36.4 Å². The minimum atomic E-state index is -4.48. The van der Waals surface area contributed by atoms with Crippen molar-refractivity contribution in [2.45, 2.75) is 38.1 Å². The van der Waals surface area contributed by atoms with Crippen LogP contribution in [0.2, 0.25) is 0 Å². The number of likely N-dealkylation sites (tertiary alicyclic amines) is 1. The lowest BCUT2D eigenvalue weighted by atomic mass is 9.92. The van der Waals surface area contributed by atoms with Crippen molar-refractivity contribution in [3.05, 3.63) is 70.8 Å². The maximum absolute atomic E-state index is 13.4. The van der Waals surface area contributed by atoms with Gasteiger partial charge >= 0.3 is 12.1 Å². The Morgan fingerprint density at radius 3 is 2.48 bits per heavy atom. The second-order valence-electron chi connectivity index (χ2n) is 8.35. The first kappa shape index (κ1) is 22.8. The predicted octanol–water partition coefficient (Wildman–Crippen LogP) is 3.18. The van der Waals surface area contributed by atoms with Gasteiger partial charge in [0.15, 0.2) is 0 Å². The summed E-state index contributed by atoms with van der Waals surface area (Å²) in [5.41, 5.74) is 1.44. The van der Waals surface area contributed by atoms with Crippen LogP contribution in [0, 0.1) is 5.92 Å². The highest BCUT2D eigenvalue weighted by atomic mass is 19.4. The van der Waals surface area contributed by atoms with Gasteiger partial charge in [0.05, 0.1) is 18.6 Å². The van der Waals surface area contributed by atoms with Crippen LogP contribution in [0.1, 0.15) is 28.7 Å². The van der Waals surface area contributed by atoms with Gasteiger partial charge in [0, 0.05) is 32.5 Å². The molecule has 0 spiro atoms. The summed E-state index contributed by atoms with van der Waals surface area (Å²) in [5, 5.41) is 0. The topological polar surface area (TPSA) is 66.9 Å². The van der Waals surface area contributed by atoms with Gasteiger partial charge < -0.3 is 14.5 Å². The molecule has 2 aromatic rings. The number of carbonyl (C=O) groups is 3. The Morgan fingerprint density at radius 2 is 1.79 bits per heavy atom. The molecule has 2 aliphatic heterocycles. The molecule has 9 heteroatoms. The Bertz CT molecular complexity index is 1090. The van der Waals surface area contributed by atoms with Crippen LogP contribution in [-0.2, 0) is 44.8 Å². The van der Waals surface area contributed by atoms with E-state index in [1.807, 2.05) is 24.3 Å². The number of methoxy groups -OCH3 is 1. The number of fused-ring (bicyclic) bond motifs is 1. The molecule has 1 saturated heterocycles. The highest BCUT2D eigenvalue weighted by molar-refractivity contribution is 5.92. The van der Waals surface area contributed by atoms with Crippen LogP contribution in [-0.4, -0.2) is 47.3 Å². The van der Waals surface area contributed by atoms with Crippen molar-refractivity contribution in [1.82, 2.24) is 9.80 Å². The zero-order chi connectivity index (χ0) is 23.8. The lowest BCUT2D eigenvalue weighted by molar-refractivity contribution is -0.155. The first-order chi connectivity index (χ1) is 15.7. The minimum Gasteiger partial charge on any atom is -0.467 e. The van der Waals surface area contributed by atoms with E-state index in [2.05, 4.69) is 0 Å². The van der Waals surface area contributed by atoms with Crippen LogP contribution < -0.4 is 0 Å². The van der Waals surface area contributed by atoms with Gasteiger partial charge in [0.25, 0.3) is 0 Å². The predicted molar refractivity (Wildman–Crippen MR) is 111 cm³/mol. The van der Waals surface area contributed by atoms with Crippen molar-refractivity contribution in [3.63, 3.8) is 0 Å². The molecule has 33 heavy (non-hydrogen) atoms. The van der Waals surface area contributed by atoms with Crippen LogP contribution in [0.25, 0.3) is 0 Å². The lowest BCUT2D eigenvalue weighted by Gasteiger charge is -2.36. The van der Waals surface area contributed by atoms with E-state index >= 15 is 0 Å². The number of carbonyl (C=O) groups excluding carboxylic acids is 3. The van der Waals surface area contributed by atoms with Gasteiger partial charge in [-0.25, -0.2) is 4.79 Å². The fourth-order valence-corrected chi connectivity index (χ4v) is 4.49. The van der Waals surface area contributed by atoms with Gasteiger partial charge in [0.1, 0.15) is 6.04 Å². The van der Waals surface area contributed by atoms with Crippen LogP contribution in [0.15, 0.2) is 48.5 Å². The van der Waals surface area contributed by atoms with Gasteiger partial charge in [0.2, 0.25) is 11.8 Å². The summed E-state index contributed by atoms with van der Waals surface area (Å²) in [6.07, 6.45) is -4.20. The SMILES string of the molecule is COC(=O)C1Cc2ccccc2CN1C(=O)C1CC(=O)N(Cc2cccc(C(F)(F)F)c2)C1. The molecule has 2 heterocycles. The highest BCUT2D eigenvalue weighted by Gasteiger charge is 2.42. The van der Waals surface area contributed by atoms with Crippen molar-refractivity contribution in [2.75, 3.05) is 13.7 Å².